The lowest BCUT2D eigenvalue weighted by atomic mass is 10.1. The van der Waals surface area contributed by atoms with Gasteiger partial charge in [-0.2, -0.15) is 0 Å². The summed E-state index contributed by atoms with van der Waals surface area (Å²) in [6.07, 6.45) is 8.19. The van der Waals surface area contributed by atoms with Gasteiger partial charge in [-0.3, -0.25) is 9.59 Å². The third-order valence-electron chi connectivity index (χ3n) is 3.78. The van der Waals surface area contributed by atoms with E-state index in [0.717, 1.165) is 51.4 Å². The average molecular weight is 407 g/mol. The molecule has 0 saturated heterocycles. The fourth-order valence-electron chi connectivity index (χ4n) is 2.11. The average Bonchev–Trinajstić information content (AvgIpc) is 2.67. The first-order chi connectivity index (χ1) is 13.4. The quantitative estimate of drug-likeness (QED) is 0.228. The second-order valence-electron chi connectivity index (χ2n) is 6.55. The fourth-order valence-corrected chi connectivity index (χ4v) is 2.11. The zero-order valence-corrected chi connectivity index (χ0v) is 17.4. The van der Waals surface area contributed by atoms with E-state index in [4.69, 9.17) is 15.3 Å². The number of aliphatic hydroxyl groups is 3. The predicted octanol–water partition coefficient (Wildman–Crippen LogP) is 3.25. The molecule has 3 N–H and O–H groups in total. The summed E-state index contributed by atoms with van der Waals surface area (Å²) in [5.41, 5.74) is 0. The van der Waals surface area contributed by atoms with Crippen molar-refractivity contribution in [2.75, 3.05) is 13.2 Å². The van der Waals surface area contributed by atoms with Crippen LogP contribution in [-0.4, -0.2) is 52.7 Å². The number of ether oxygens (including phenoxy) is 2. The van der Waals surface area contributed by atoms with Crippen LogP contribution in [0, 0.1) is 0 Å². The van der Waals surface area contributed by atoms with Gasteiger partial charge in [0.1, 0.15) is 6.10 Å². The minimum absolute atomic E-state index is 0.185. The summed E-state index contributed by atoms with van der Waals surface area (Å²) in [6, 6.07) is 0. The van der Waals surface area contributed by atoms with Crippen LogP contribution in [0.3, 0.4) is 0 Å². The maximum Gasteiger partial charge on any atom is 0.524 e. The van der Waals surface area contributed by atoms with Gasteiger partial charge in [0.25, 0.3) is 0 Å². The van der Waals surface area contributed by atoms with E-state index >= 15 is 0 Å². The minimum atomic E-state index is -1.20. The molecule has 0 saturated carbocycles. The molecule has 0 atom stereocenters. The highest BCUT2D eigenvalue weighted by Crippen LogP contribution is 2.08. The third-order valence-corrected chi connectivity index (χ3v) is 3.78. The van der Waals surface area contributed by atoms with Crippen LogP contribution in [0.4, 0.5) is 4.79 Å². The first kappa shape index (κ1) is 28.7. The summed E-state index contributed by atoms with van der Waals surface area (Å²) in [4.78, 5) is 34.0. The Labute approximate surface area is 168 Å². The topological polar surface area (TPSA) is 130 Å². The van der Waals surface area contributed by atoms with E-state index in [9.17, 15) is 14.4 Å². The molecule has 0 rings (SSSR count). The number of carbonyl (C=O) groups excluding carboxylic acids is 3. The van der Waals surface area contributed by atoms with Crippen molar-refractivity contribution in [1.29, 1.82) is 0 Å². The van der Waals surface area contributed by atoms with E-state index in [-0.39, 0.29) is 26.1 Å². The number of carbonyl (C=O) groups is 3. The van der Waals surface area contributed by atoms with Gasteiger partial charge < -0.3 is 24.8 Å². The summed E-state index contributed by atoms with van der Waals surface area (Å²) in [6.45, 7) is 3.50. The Morgan fingerprint density at radius 2 is 1.04 bits per heavy atom. The Kier molecular flexibility index (Phi) is 22.3. The molecule has 0 heterocycles. The molecule has 8 nitrogen and oxygen atoms in total. The van der Waals surface area contributed by atoms with Crippen LogP contribution < -0.4 is 0 Å². The molecular formula is C20H38O8. The number of hydrogen-bond donors (Lipinski definition) is 3. The lowest BCUT2D eigenvalue weighted by molar-refractivity contribution is -0.146. The summed E-state index contributed by atoms with van der Waals surface area (Å²) in [5, 5.41) is 24.0. The van der Waals surface area contributed by atoms with Crippen LogP contribution in [0.1, 0.15) is 90.9 Å². The van der Waals surface area contributed by atoms with Gasteiger partial charge >= 0.3 is 18.1 Å². The molecule has 0 aromatic rings. The molecule has 0 aliphatic heterocycles. The van der Waals surface area contributed by atoms with Gasteiger partial charge in [0.15, 0.2) is 0 Å². The molecule has 8 heteroatoms. The zero-order chi connectivity index (χ0) is 21.6. The second-order valence-corrected chi connectivity index (χ2v) is 6.55. The smallest absolute Gasteiger partial charge is 0.394 e. The molecule has 0 radical (unpaired) electrons. The van der Waals surface area contributed by atoms with Crippen molar-refractivity contribution in [1.82, 2.24) is 0 Å². The standard InChI is InChI=1S/C17H30O5.C3H8O3/c1-3-5-7-9-11-13-15(18)21-17(20)22-16(19)14-12-10-8-6-4-2;4-1-3(6)2-5/h3-14H2,1-2H3;3-6H,1-2H2. The van der Waals surface area contributed by atoms with E-state index in [1.165, 1.54) is 0 Å². The first-order valence-electron chi connectivity index (χ1n) is 10.3. The number of aliphatic hydroxyl groups excluding tert-OH is 3. The van der Waals surface area contributed by atoms with Gasteiger partial charge in [-0.1, -0.05) is 65.2 Å². The Morgan fingerprint density at radius 3 is 1.32 bits per heavy atom. The molecule has 166 valence electrons. The van der Waals surface area contributed by atoms with E-state index in [0.29, 0.717) is 12.8 Å². The number of unbranched alkanes of at least 4 members (excludes halogenated alkanes) is 8. The molecule has 0 aromatic heterocycles. The first-order valence-corrected chi connectivity index (χ1v) is 10.3. The molecule has 28 heavy (non-hydrogen) atoms. The highest BCUT2D eigenvalue weighted by atomic mass is 16.8. The molecule has 0 amide bonds. The van der Waals surface area contributed by atoms with Gasteiger partial charge in [0.2, 0.25) is 0 Å². The van der Waals surface area contributed by atoms with Crippen molar-refractivity contribution < 1.29 is 39.2 Å². The van der Waals surface area contributed by atoms with Crippen molar-refractivity contribution in [3.8, 4) is 0 Å². The maximum atomic E-state index is 11.4. The largest absolute Gasteiger partial charge is 0.524 e. The Hall–Kier alpha value is -1.51. The summed E-state index contributed by atoms with van der Waals surface area (Å²) in [5.74, 6) is -1.26. The fraction of sp³-hybridized carbons (Fsp3) is 0.850. The van der Waals surface area contributed by atoms with Crippen molar-refractivity contribution >= 4 is 18.1 Å². The van der Waals surface area contributed by atoms with Crippen molar-refractivity contribution in [3.05, 3.63) is 0 Å². The third kappa shape index (κ3) is 22.5. The molecule has 0 aromatic carbocycles. The molecule has 0 spiro atoms. The van der Waals surface area contributed by atoms with Crippen molar-refractivity contribution in [3.63, 3.8) is 0 Å². The van der Waals surface area contributed by atoms with Gasteiger partial charge in [-0.15, -0.1) is 0 Å². The van der Waals surface area contributed by atoms with Crippen molar-refractivity contribution in [2.45, 2.75) is 97.0 Å². The van der Waals surface area contributed by atoms with Gasteiger partial charge in [0.05, 0.1) is 13.2 Å². The lowest BCUT2D eigenvalue weighted by Gasteiger charge is -2.04. The van der Waals surface area contributed by atoms with Crippen LogP contribution in [-0.2, 0) is 19.1 Å². The molecule has 0 aliphatic rings. The van der Waals surface area contributed by atoms with Crippen LogP contribution in [0.15, 0.2) is 0 Å². The van der Waals surface area contributed by atoms with Crippen LogP contribution in [0.2, 0.25) is 0 Å². The maximum absolute atomic E-state index is 11.4. The molecule has 0 aliphatic carbocycles. The molecule has 0 bridgehead atoms. The Morgan fingerprint density at radius 1 is 0.679 bits per heavy atom. The molecular weight excluding hydrogens is 368 g/mol. The van der Waals surface area contributed by atoms with E-state index < -0.39 is 24.2 Å². The van der Waals surface area contributed by atoms with Gasteiger partial charge in [-0.05, 0) is 12.8 Å². The predicted molar refractivity (Wildman–Crippen MR) is 105 cm³/mol. The van der Waals surface area contributed by atoms with E-state index in [1.54, 1.807) is 0 Å². The van der Waals surface area contributed by atoms with Crippen molar-refractivity contribution in [2.24, 2.45) is 0 Å². The lowest BCUT2D eigenvalue weighted by Crippen LogP contribution is -2.17. The molecule has 0 unspecified atom stereocenters. The van der Waals surface area contributed by atoms with Gasteiger partial charge in [0, 0.05) is 12.8 Å². The highest BCUT2D eigenvalue weighted by Gasteiger charge is 2.15. The van der Waals surface area contributed by atoms with Crippen LogP contribution in [0.5, 0.6) is 0 Å². The van der Waals surface area contributed by atoms with Crippen LogP contribution in [0.25, 0.3) is 0 Å². The normalized spacial score (nSPS) is 10.2. The second kappa shape index (κ2) is 21.8. The Balaban J connectivity index is 0. The summed E-state index contributed by atoms with van der Waals surface area (Å²) in [7, 11) is 0. The minimum Gasteiger partial charge on any atom is -0.394 e. The SMILES string of the molecule is CCCCCCCC(=O)OC(=O)OC(=O)CCCCCCC.OCC(O)CO. The number of hydrogen-bond acceptors (Lipinski definition) is 8. The van der Waals surface area contributed by atoms with Crippen LogP contribution >= 0.6 is 0 Å². The number of esters is 2. The summed E-state index contributed by atoms with van der Waals surface area (Å²) < 4.78 is 8.90. The summed E-state index contributed by atoms with van der Waals surface area (Å²) >= 11 is 0. The molecule has 0 fully saturated rings. The monoisotopic (exact) mass is 406 g/mol. The number of rotatable bonds is 14. The van der Waals surface area contributed by atoms with Gasteiger partial charge in [-0.25, -0.2) is 4.79 Å². The highest BCUT2D eigenvalue weighted by molar-refractivity contribution is 5.88. The Bertz CT molecular complexity index is 364. The van der Waals surface area contributed by atoms with E-state index in [1.807, 2.05) is 0 Å². The van der Waals surface area contributed by atoms with E-state index in [2.05, 4.69) is 23.3 Å². The zero-order valence-electron chi connectivity index (χ0n) is 17.4.